The minimum absolute atomic E-state index is 0.0765. The van der Waals surface area contributed by atoms with Crippen molar-refractivity contribution in [2.75, 3.05) is 31.5 Å². The van der Waals surface area contributed by atoms with Crippen LogP contribution in [-0.2, 0) is 4.79 Å². The van der Waals surface area contributed by atoms with E-state index in [0.717, 1.165) is 13.0 Å². The molecule has 1 aromatic heterocycles. The summed E-state index contributed by atoms with van der Waals surface area (Å²) in [6, 6.07) is 0. The Bertz CT molecular complexity index is 477. The fourth-order valence-electron chi connectivity index (χ4n) is 1.78. The Morgan fingerprint density at radius 2 is 2.37 bits per heavy atom. The molecule has 0 saturated carbocycles. The van der Waals surface area contributed by atoms with E-state index in [-0.39, 0.29) is 24.1 Å². The fourth-order valence-corrected chi connectivity index (χ4v) is 1.78. The number of hydrogen-bond acceptors (Lipinski definition) is 5. The molecule has 0 aromatic carbocycles. The van der Waals surface area contributed by atoms with Crippen molar-refractivity contribution >= 4 is 17.6 Å². The standard InChI is InChI=1S/C12H17N5O2/c1-2-3-14-10-7-13-6-9(16-10)12(19)17-5-4-15-11(18)8-17/h6-7H,2-5,8H2,1H3,(H,14,16)(H,15,18). The summed E-state index contributed by atoms with van der Waals surface area (Å²) >= 11 is 0. The zero-order chi connectivity index (χ0) is 13.7. The van der Waals surface area contributed by atoms with Gasteiger partial charge in [0.05, 0.1) is 18.9 Å². The highest BCUT2D eigenvalue weighted by Crippen LogP contribution is 2.06. The molecular weight excluding hydrogens is 246 g/mol. The lowest BCUT2D eigenvalue weighted by molar-refractivity contribution is -0.123. The number of nitrogens with one attached hydrogen (secondary N) is 2. The van der Waals surface area contributed by atoms with Crippen LogP contribution in [0.5, 0.6) is 0 Å². The largest absolute Gasteiger partial charge is 0.369 e. The Balaban J connectivity index is 2.07. The van der Waals surface area contributed by atoms with Gasteiger partial charge >= 0.3 is 0 Å². The first-order valence-electron chi connectivity index (χ1n) is 6.32. The van der Waals surface area contributed by atoms with Crippen LogP contribution < -0.4 is 10.6 Å². The molecule has 0 atom stereocenters. The fraction of sp³-hybridized carbons (Fsp3) is 0.500. The summed E-state index contributed by atoms with van der Waals surface area (Å²) < 4.78 is 0. The molecule has 1 aromatic rings. The molecule has 19 heavy (non-hydrogen) atoms. The van der Waals surface area contributed by atoms with Gasteiger partial charge in [0.25, 0.3) is 5.91 Å². The van der Waals surface area contributed by atoms with Gasteiger partial charge < -0.3 is 15.5 Å². The lowest BCUT2D eigenvalue weighted by Gasteiger charge is -2.26. The topological polar surface area (TPSA) is 87.2 Å². The zero-order valence-corrected chi connectivity index (χ0v) is 10.8. The second-order valence-electron chi connectivity index (χ2n) is 4.29. The molecule has 1 aliphatic heterocycles. The van der Waals surface area contributed by atoms with Crippen LogP contribution >= 0.6 is 0 Å². The van der Waals surface area contributed by atoms with Crippen LogP contribution in [0, 0.1) is 0 Å². The molecule has 2 rings (SSSR count). The van der Waals surface area contributed by atoms with Crippen molar-refractivity contribution in [3.63, 3.8) is 0 Å². The molecule has 7 heteroatoms. The predicted molar refractivity (Wildman–Crippen MR) is 69.7 cm³/mol. The van der Waals surface area contributed by atoms with Crippen LogP contribution in [0.3, 0.4) is 0 Å². The van der Waals surface area contributed by atoms with E-state index in [9.17, 15) is 9.59 Å². The van der Waals surface area contributed by atoms with Crippen molar-refractivity contribution in [3.8, 4) is 0 Å². The number of aromatic nitrogens is 2. The number of anilines is 1. The van der Waals surface area contributed by atoms with Gasteiger partial charge in [-0.05, 0) is 6.42 Å². The third kappa shape index (κ3) is 3.40. The number of rotatable bonds is 4. The predicted octanol–water partition coefficient (Wildman–Crippen LogP) is -0.130. The molecule has 0 bridgehead atoms. The molecule has 2 N–H and O–H groups in total. The smallest absolute Gasteiger partial charge is 0.274 e. The summed E-state index contributed by atoms with van der Waals surface area (Å²) in [5.74, 6) is 0.171. The quantitative estimate of drug-likeness (QED) is 0.790. The highest BCUT2D eigenvalue weighted by molar-refractivity contribution is 5.95. The van der Waals surface area contributed by atoms with E-state index < -0.39 is 0 Å². The van der Waals surface area contributed by atoms with Gasteiger partial charge in [0, 0.05) is 19.6 Å². The normalized spacial score (nSPS) is 15.0. The zero-order valence-electron chi connectivity index (χ0n) is 10.8. The van der Waals surface area contributed by atoms with Crippen molar-refractivity contribution < 1.29 is 9.59 Å². The Morgan fingerprint density at radius 3 is 3.11 bits per heavy atom. The Hall–Kier alpha value is -2.18. The monoisotopic (exact) mass is 263 g/mol. The Labute approximate surface area is 111 Å². The molecule has 0 spiro atoms. The number of amides is 2. The number of nitrogens with zero attached hydrogens (tertiary/aromatic N) is 3. The van der Waals surface area contributed by atoms with E-state index in [0.29, 0.717) is 18.9 Å². The van der Waals surface area contributed by atoms with Gasteiger partial charge in [-0.15, -0.1) is 0 Å². The van der Waals surface area contributed by atoms with E-state index >= 15 is 0 Å². The summed E-state index contributed by atoms with van der Waals surface area (Å²) in [5, 5.41) is 5.75. The molecule has 7 nitrogen and oxygen atoms in total. The van der Waals surface area contributed by atoms with Gasteiger partial charge in [0.2, 0.25) is 5.91 Å². The molecule has 1 saturated heterocycles. The van der Waals surface area contributed by atoms with Crippen LogP contribution in [0.15, 0.2) is 12.4 Å². The Morgan fingerprint density at radius 1 is 1.53 bits per heavy atom. The van der Waals surface area contributed by atoms with Crippen molar-refractivity contribution in [1.29, 1.82) is 0 Å². The van der Waals surface area contributed by atoms with Gasteiger partial charge in [-0.25, -0.2) is 4.98 Å². The van der Waals surface area contributed by atoms with Crippen molar-refractivity contribution in [2.24, 2.45) is 0 Å². The second-order valence-corrected chi connectivity index (χ2v) is 4.29. The summed E-state index contributed by atoms with van der Waals surface area (Å²) in [5.41, 5.74) is 0.260. The van der Waals surface area contributed by atoms with Crippen LogP contribution in [0.2, 0.25) is 0 Å². The average molecular weight is 263 g/mol. The highest BCUT2D eigenvalue weighted by Gasteiger charge is 2.23. The van der Waals surface area contributed by atoms with E-state index in [1.807, 2.05) is 6.92 Å². The Kier molecular flexibility index (Phi) is 4.27. The van der Waals surface area contributed by atoms with E-state index in [1.165, 1.54) is 11.1 Å². The summed E-state index contributed by atoms with van der Waals surface area (Å²) in [6.07, 6.45) is 3.97. The number of hydrogen-bond donors (Lipinski definition) is 2. The minimum atomic E-state index is -0.262. The lowest BCUT2D eigenvalue weighted by Crippen LogP contribution is -2.50. The molecule has 0 unspecified atom stereocenters. The van der Waals surface area contributed by atoms with Crippen LogP contribution in [-0.4, -0.2) is 52.9 Å². The maximum absolute atomic E-state index is 12.2. The lowest BCUT2D eigenvalue weighted by atomic mass is 10.3. The van der Waals surface area contributed by atoms with Crippen LogP contribution in [0.4, 0.5) is 5.82 Å². The first-order valence-corrected chi connectivity index (χ1v) is 6.32. The molecule has 1 aliphatic rings. The van der Waals surface area contributed by atoms with Gasteiger partial charge in [0.15, 0.2) is 0 Å². The average Bonchev–Trinajstić information content (AvgIpc) is 2.44. The maximum Gasteiger partial charge on any atom is 0.274 e. The maximum atomic E-state index is 12.2. The summed E-state index contributed by atoms with van der Waals surface area (Å²) in [6.45, 7) is 3.87. The molecule has 102 valence electrons. The van der Waals surface area contributed by atoms with Gasteiger partial charge in [-0.2, -0.15) is 0 Å². The number of carbonyl (C=O) groups excluding carboxylic acids is 2. The van der Waals surface area contributed by atoms with Crippen molar-refractivity contribution in [3.05, 3.63) is 18.1 Å². The molecule has 0 radical (unpaired) electrons. The first kappa shape index (κ1) is 13.3. The minimum Gasteiger partial charge on any atom is -0.369 e. The summed E-state index contributed by atoms with van der Waals surface area (Å²) in [4.78, 5) is 33.1. The van der Waals surface area contributed by atoms with E-state index in [4.69, 9.17) is 0 Å². The third-order valence-corrected chi connectivity index (χ3v) is 2.74. The SMILES string of the molecule is CCCNc1cncc(C(=O)N2CCNC(=O)C2)n1. The second kappa shape index (κ2) is 6.12. The molecule has 0 aliphatic carbocycles. The van der Waals surface area contributed by atoms with Gasteiger partial charge in [-0.3, -0.25) is 14.6 Å². The van der Waals surface area contributed by atoms with E-state index in [2.05, 4.69) is 20.6 Å². The highest BCUT2D eigenvalue weighted by atomic mass is 16.2. The van der Waals surface area contributed by atoms with Crippen molar-refractivity contribution in [2.45, 2.75) is 13.3 Å². The number of piperazine rings is 1. The summed E-state index contributed by atoms with van der Waals surface area (Å²) in [7, 11) is 0. The molecule has 2 heterocycles. The molecule has 2 amide bonds. The first-order chi connectivity index (χ1) is 9.20. The number of carbonyl (C=O) groups is 2. The van der Waals surface area contributed by atoms with Gasteiger partial charge in [0.1, 0.15) is 11.5 Å². The van der Waals surface area contributed by atoms with Gasteiger partial charge in [-0.1, -0.05) is 6.92 Å². The molecular formula is C12H17N5O2. The molecule has 1 fully saturated rings. The van der Waals surface area contributed by atoms with E-state index in [1.54, 1.807) is 6.20 Å². The third-order valence-electron chi connectivity index (χ3n) is 2.74. The van der Waals surface area contributed by atoms with Crippen molar-refractivity contribution in [1.82, 2.24) is 20.2 Å². The van der Waals surface area contributed by atoms with Crippen LogP contribution in [0.1, 0.15) is 23.8 Å². The van der Waals surface area contributed by atoms with Crippen LogP contribution in [0.25, 0.3) is 0 Å².